The third-order valence-corrected chi connectivity index (χ3v) is 5.41. The van der Waals surface area contributed by atoms with E-state index in [1.165, 1.54) is 51.4 Å². The van der Waals surface area contributed by atoms with Crippen LogP contribution in [0.4, 0.5) is 0 Å². The highest BCUT2D eigenvalue weighted by Crippen LogP contribution is 2.37. The first-order chi connectivity index (χ1) is 9.27. The molecule has 2 heteroatoms. The maximum Gasteiger partial charge on any atom is 0.165 e. The van der Waals surface area contributed by atoms with Gasteiger partial charge < -0.3 is 4.74 Å². The van der Waals surface area contributed by atoms with Crippen LogP contribution in [-0.2, 0) is 9.53 Å². The van der Waals surface area contributed by atoms with E-state index in [1.807, 2.05) is 0 Å². The summed E-state index contributed by atoms with van der Waals surface area (Å²) in [5, 5.41) is 0. The van der Waals surface area contributed by atoms with Gasteiger partial charge in [0.15, 0.2) is 5.78 Å². The molecule has 0 aromatic heterocycles. The number of Topliss-reactive ketones (excluding diaryl/α,β-unsaturated/α-hetero) is 1. The molecule has 0 N–H and O–H groups in total. The Labute approximate surface area is 118 Å². The molecule has 2 rings (SSSR count). The molecule has 0 aromatic carbocycles. The summed E-state index contributed by atoms with van der Waals surface area (Å²) in [5.74, 6) is 1.82. The van der Waals surface area contributed by atoms with Crippen molar-refractivity contribution in [2.24, 2.45) is 17.8 Å². The van der Waals surface area contributed by atoms with Gasteiger partial charge in [-0.05, 0) is 37.5 Å². The van der Waals surface area contributed by atoms with Crippen molar-refractivity contribution in [3.8, 4) is 0 Å². The van der Waals surface area contributed by atoms with Crippen LogP contribution in [0.1, 0.15) is 71.1 Å². The van der Waals surface area contributed by atoms with E-state index in [2.05, 4.69) is 6.92 Å². The molecular formula is C17H30O2. The van der Waals surface area contributed by atoms with Crippen molar-refractivity contribution >= 4 is 5.78 Å². The zero-order valence-corrected chi connectivity index (χ0v) is 12.7. The van der Waals surface area contributed by atoms with E-state index >= 15 is 0 Å². The summed E-state index contributed by atoms with van der Waals surface area (Å²) < 4.78 is 5.65. The van der Waals surface area contributed by atoms with Crippen LogP contribution < -0.4 is 0 Å². The lowest BCUT2D eigenvalue weighted by Gasteiger charge is -2.35. The van der Waals surface area contributed by atoms with Crippen molar-refractivity contribution in [1.82, 2.24) is 0 Å². The summed E-state index contributed by atoms with van der Waals surface area (Å²) in [5.41, 5.74) is 0. The van der Waals surface area contributed by atoms with Crippen molar-refractivity contribution < 1.29 is 9.53 Å². The first kappa shape index (κ1) is 15.0. The lowest BCUT2D eigenvalue weighted by Crippen LogP contribution is -2.40. The van der Waals surface area contributed by atoms with Gasteiger partial charge in [-0.3, -0.25) is 4.79 Å². The molecule has 2 saturated carbocycles. The van der Waals surface area contributed by atoms with Crippen LogP contribution in [-0.4, -0.2) is 19.0 Å². The Kier molecular flexibility index (Phi) is 5.87. The summed E-state index contributed by atoms with van der Waals surface area (Å²) in [6.07, 6.45) is 12.2. The summed E-state index contributed by atoms with van der Waals surface area (Å²) in [7, 11) is 1.74. The Morgan fingerprint density at radius 1 is 1.05 bits per heavy atom. The van der Waals surface area contributed by atoms with Crippen LogP contribution in [0.25, 0.3) is 0 Å². The third-order valence-electron chi connectivity index (χ3n) is 5.41. The molecule has 110 valence electrons. The predicted octanol–water partition coefficient (Wildman–Crippen LogP) is 4.37. The minimum Gasteiger partial charge on any atom is -0.373 e. The molecule has 3 atom stereocenters. The fourth-order valence-electron chi connectivity index (χ4n) is 4.26. The normalized spacial score (nSPS) is 31.1. The van der Waals surface area contributed by atoms with Crippen molar-refractivity contribution in [1.29, 1.82) is 0 Å². The van der Waals surface area contributed by atoms with Gasteiger partial charge in [-0.25, -0.2) is 0 Å². The molecule has 0 amide bonds. The monoisotopic (exact) mass is 266 g/mol. The number of rotatable bonds is 5. The molecule has 0 heterocycles. The van der Waals surface area contributed by atoms with E-state index in [9.17, 15) is 4.79 Å². The molecule has 0 aromatic rings. The zero-order valence-electron chi connectivity index (χ0n) is 12.7. The fourth-order valence-corrected chi connectivity index (χ4v) is 4.26. The van der Waals surface area contributed by atoms with E-state index in [1.54, 1.807) is 7.11 Å². The van der Waals surface area contributed by atoms with Crippen LogP contribution in [0.2, 0.25) is 0 Å². The number of ether oxygens (including phenoxy) is 1. The van der Waals surface area contributed by atoms with Crippen LogP contribution in [0.5, 0.6) is 0 Å². The number of hydrogen-bond donors (Lipinski definition) is 0. The quantitative estimate of drug-likeness (QED) is 0.738. The maximum atomic E-state index is 12.9. The summed E-state index contributed by atoms with van der Waals surface area (Å²) in [4.78, 5) is 12.9. The Balaban J connectivity index is 2.01. The minimum absolute atomic E-state index is 0.113. The second-order valence-corrected chi connectivity index (χ2v) is 6.52. The molecule has 0 radical (unpaired) electrons. The smallest absolute Gasteiger partial charge is 0.165 e. The molecule has 3 unspecified atom stereocenters. The number of methoxy groups -OCH3 is 1. The molecule has 0 saturated heterocycles. The second-order valence-electron chi connectivity index (χ2n) is 6.52. The molecular weight excluding hydrogens is 236 g/mol. The molecule has 0 bridgehead atoms. The van der Waals surface area contributed by atoms with Gasteiger partial charge in [-0.2, -0.15) is 0 Å². The van der Waals surface area contributed by atoms with Gasteiger partial charge in [0.05, 0.1) is 0 Å². The van der Waals surface area contributed by atoms with Crippen LogP contribution in [0, 0.1) is 17.8 Å². The summed E-state index contributed by atoms with van der Waals surface area (Å²) in [6.45, 7) is 2.23. The lowest BCUT2D eigenvalue weighted by molar-refractivity contribution is -0.140. The predicted molar refractivity (Wildman–Crippen MR) is 78.1 cm³/mol. The molecule has 0 aliphatic heterocycles. The van der Waals surface area contributed by atoms with Crippen molar-refractivity contribution in [2.45, 2.75) is 77.2 Å². The zero-order chi connectivity index (χ0) is 13.7. The van der Waals surface area contributed by atoms with Gasteiger partial charge in [0.2, 0.25) is 0 Å². The van der Waals surface area contributed by atoms with Crippen molar-refractivity contribution in [3.05, 3.63) is 0 Å². The van der Waals surface area contributed by atoms with E-state index < -0.39 is 0 Å². The van der Waals surface area contributed by atoms with E-state index in [0.29, 0.717) is 17.6 Å². The molecule has 2 nitrogen and oxygen atoms in total. The third kappa shape index (κ3) is 3.59. The van der Waals surface area contributed by atoms with Gasteiger partial charge in [-0.15, -0.1) is 0 Å². The van der Waals surface area contributed by atoms with Gasteiger partial charge >= 0.3 is 0 Å². The fraction of sp³-hybridized carbons (Fsp3) is 0.941. The first-order valence-corrected chi connectivity index (χ1v) is 8.34. The van der Waals surface area contributed by atoms with E-state index in [-0.39, 0.29) is 12.0 Å². The van der Waals surface area contributed by atoms with E-state index in [0.717, 1.165) is 12.8 Å². The number of carbonyl (C=O) groups excluding carboxylic acids is 1. The highest BCUT2D eigenvalue weighted by Gasteiger charge is 2.37. The largest absolute Gasteiger partial charge is 0.373 e. The molecule has 2 aliphatic carbocycles. The topological polar surface area (TPSA) is 26.3 Å². The van der Waals surface area contributed by atoms with Gasteiger partial charge in [0.1, 0.15) is 6.10 Å². The maximum absolute atomic E-state index is 12.9. The number of hydrogen-bond acceptors (Lipinski definition) is 2. The molecule has 2 fully saturated rings. The Hall–Kier alpha value is -0.370. The second kappa shape index (κ2) is 7.42. The standard InChI is InChI=1S/C17H30O2/c1-3-13-9-7-8-12-15(13)16(18)17(19-2)14-10-5-4-6-11-14/h13-15,17H,3-12H2,1-2H3. The lowest BCUT2D eigenvalue weighted by atomic mass is 9.72. The molecule has 0 spiro atoms. The van der Waals surface area contributed by atoms with Crippen LogP contribution in [0.3, 0.4) is 0 Å². The highest BCUT2D eigenvalue weighted by molar-refractivity contribution is 5.86. The number of ketones is 1. The average Bonchev–Trinajstić information content (AvgIpc) is 2.49. The molecule has 19 heavy (non-hydrogen) atoms. The van der Waals surface area contributed by atoms with Crippen LogP contribution in [0.15, 0.2) is 0 Å². The van der Waals surface area contributed by atoms with Crippen molar-refractivity contribution in [3.63, 3.8) is 0 Å². The molecule has 2 aliphatic rings. The average molecular weight is 266 g/mol. The number of carbonyl (C=O) groups is 1. The van der Waals surface area contributed by atoms with E-state index in [4.69, 9.17) is 4.74 Å². The van der Waals surface area contributed by atoms with Gasteiger partial charge in [0, 0.05) is 13.0 Å². The van der Waals surface area contributed by atoms with Crippen molar-refractivity contribution in [2.75, 3.05) is 7.11 Å². The summed E-state index contributed by atoms with van der Waals surface area (Å²) in [6, 6.07) is 0. The Morgan fingerprint density at radius 2 is 1.68 bits per heavy atom. The van der Waals surface area contributed by atoms with Crippen LogP contribution >= 0.6 is 0 Å². The minimum atomic E-state index is -0.113. The first-order valence-electron chi connectivity index (χ1n) is 8.34. The van der Waals surface area contributed by atoms with Gasteiger partial charge in [0.25, 0.3) is 0 Å². The highest BCUT2D eigenvalue weighted by atomic mass is 16.5. The summed E-state index contributed by atoms with van der Waals surface area (Å²) >= 11 is 0. The SMILES string of the molecule is CCC1CCCCC1C(=O)C(OC)C1CCCCC1. The Morgan fingerprint density at radius 3 is 2.32 bits per heavy atom. The Bertz CT molecular complexity index is 281. The van der Waals surface area contributed by atoms with Gasteiger partial charge in [-0.1, -0.05) is 45.4 Å².